The molecule has 1 fully saturated rings. The Morgan fingerprint density at radius 2 is 1.78 bits per heavy atom. The average molecular weight is 259 g/mol. The van der Waals surface area contributed by atoms with E-state index in [2.05, 4.69) is 10.2 Å². The molecule has 18 heavy (non-hydrogen) atoms. The SMILES string of the molecule is NC(=O)COCCCCOCCN1CCNCC1. The van der Waals surface area contributed by atoms with Crippen molar-refractivity contribution in [1.82, 2.24) is 10.2 Å². The molecule has 1 amide bonds. The molecular weight excluding hydrogens is 234 g/mol. The molecule has 1 aliphatic heterocycles. The summed E-state index contributed by atoms with van der Waals surface area (Å²) in [5.41, 5.74) is 4.95. The van der Waals surface area contributed by atoms with Crippen LogP contribution in [0.2, 0.25) is 0 Å². The van der Waals surface area contributed by atoms with Gasteiger partial charge >= 0.3 is 0 Å². The van der Waals surface area contributed by atoms with Crippen LogP contribution < -0.4 is 11.1 Å². The summed E-state index contributed by atoms with van der Waals surface area (Å²) in [6.07, 6.45) is 1.86. The van der Waals surface area contributed by atoms with E-state index >= 15 is 0 Å². The Bertz CT molecular complexity index is 221. The van der Waals surface area contributed by atoms with Crippen LogP contribution in [-0.2, 0) is 14.3 Å². The van der Waals surface area contributed by atoms with Gasteiger partial charge in [-0.05, 0) is 12.8 Å². The lowest BCUT2D eigenvalue weighted by molar-refractivity contribution is -0.122. The van der Waals surface area contributed by atoms with E-state index in [1.807, 2.05) is 0 Å². The van der Waals surface area contributed by atoms with Crippen LogP contribution in [0.1, 0.15) is 12.8 Å². The molecule has 1 heterocycles. The summed E-state index contributed by atoms with van der Waals surface area (Å²) in [5.74, 6) is -0.415. The van der Waals surface area contributed by atoms with Crippen molar-refractivity contribution in [2.75, 3.05) is 59.2 Å². The first-order valence-electron chi connectivity index (χ1n) is 6.66. The highest BCUT2D eigenvalue weighted by atomic mass is 16.5. The first kappa shape index (κ1) is 15.4. The molecular formula is C12H25N3O3. The smallest absolute Gasteiger partial charge is 0.243 e. The van der Waals surface area contributed by atoms with Gasteiger partial charge in [-0.1, -0.05) is 0 Å². The van der Waals surface area contributed by atoms with Crippen molar-refractivity contribution in [1.29, 1.82) is 0 Å². The van der Waals surface area contributed by atoms with Crippen molar-refractivity contribution in [3.05, 3.63) is 0 Å². The minimum Gasteiger partial charge on any atom is -0.380 e. The molecule has 0 spiro atoms. The molecule has 0 radical (unpaired) electrons. The molecule has 0 saturated carbocycles. The van der Waals surface area contributed by atoms with Crippen LogP contribution in [0.3, 0.4) is 0 Å². The van der Waals surface area contributed by atoms with Gasteiger partial charge in [0.1, 0.15) is 6.61 Å². The monoisotopic (exact) mass is 259 g/mol. The van der Waals surface area contributed by atoms with Crippen molar-refractivity contribution >= 4 is 5.91 Å². The third kappa shape index (κ3) is 8.41. The highest BCUT2D eigenvalue weighted by molar-refractivity contribution is 5.74. The molecule has 6 heteroatoms. The van der Waals surface area contributed by atoms with Crippen LogP contribution in [0, 0.1) is 0 Å². The van der Waals surface area contributed by atoms with Gasteiger partial charge in [0.2, 0.25) is 5.91 Å². The lowest BCUT2D eigenvalue weighted by atomic mass is 10.3. The third-order valence-electron chi connectivity index (χ3n) is 2.83. The fourth-order valence-corrected chi connectivity index (χ4v) is 1.81. The largest absolute Gasteiger partial charge is 0.380 e. The number of nitrogens with two attached hydrogens (primary N) is 1. The Balaban J connectivity index is 1.76. The van der Waals surface area contributed by atoms with E-state index in [-0.39, 0.29) is 6.61 Å². The van der Waals surface area contributed by atoms with Crippen molar-refractivity contribution in [3.63, 3.8) is 0 Å². The summed E-state index contributed by atoms with van der Waals surface area (Å²) >= 11 is 0. The zero-order valence-corrected chi connectivity index (χ0v) is 11.0. The van der Waals surface area contributed by atoms with E-state index in [9.17, 15) is 4.79 Å². The van der Waals surface area contributed by atoms with Crippen molar-refractivity contribution in [2.45, 2.75) is 12.8 Å². The Labute approximate surface area is 109 Å². The van der Waals surface area contributed by atoms with Gasteiger partial charge in [-0.2, -0.15) is 0 Å². The van der Waals surface area contributed by atoms with E-state index in [1.54, 1.807) is 0 Å². The fourth-order valence-electron chi connectivity index (χ4n) is 1.81. The third-order valence-corrected chi connectivity index (χ3v) is 2.83. The van der Waals surface area contributed by atoms with Crippen molar-refractivity contribution in [2.24, 2.45) is 5.73 Å². The number of carbonyl (C=O) groups excluding carboxylic acids is 1. The molecule has 0 unspecified atom stereocenters. The van der Waals surface area contributed by atoms with Crippen molar-refractivity contribution < 1.29 is 14.3 Å². The molecule has 106 valence electrons. The number of nitrogens with zero attached hydrogens (tertiary/aromatic N) is 1. The average Bonchev–Trinajstić information content (AvgIpc) is 2.37. The van der Waals surface area contributed by atoms with Crippen molar-refractivity contribution in [3.8, 4) is 0 Å². The minimum absolute atomic E-state index is 0.0177. The maximum atomic E-state index is 10.4. The number of rotatable bonds is 10. The molecule has 1 aliphatic rings. The van der Waals surface area contributed by atoms with Gasteiger partial charge in [0.25, 0.3) is 0 Å². The molecule has 0 bridgehead atoms. The zero-order chi connectivity index (χ0) is 13.1. The minimum atomic E-state index is -0.415. The number of nitrogens with one attached hydrogen (secondary N) is 1. The molecule has 0 aromatic carbocycles. The van der Waals surface area contributed by atoms with Gasteiger partial charge in [0.05, 0.1) is 6.61 Å². The second-order valence-electron chi connectivity index (χ2n) is 4.43. The standard InChI is InChI=1S/C12H25N3O3/c13-12(16)11-18-9-2-1-8-17-10-7-15-5-3-14-4-6-15/h14H,1-11H2,(H2,13,16). The molecule has 0 aliphatic carbocycles. The van der Waals surface area contributed by atoms with Gasteiger partial charge in [-0.15, -0.1) is 0 Å². The Morgan fingerprint density at radius 3 is 2.44 bits per heavy atom. The number of piperazine rings is 1. The normalized spacial score (nSPS) is 16.9. The molecule has 3 N–H and O–H groups in total. The molecule has 1 rings (SSSR count). The van der Waals surface area contributed by atoms with E-state index in [1.165, 1.54) is 0 Å². The van der Waals surface area contributed by atoms with Crippen LogP contribution in [0.15, 0.2) is 0 Å². The highest BCUT2D eigenvalue weighted by Crippen LogP contribution is 1.94. The number of primary amides is 1. The summed E-state index contributed by atoms with van der Waals surface area (Å²) < 4.78 is 10.6. The number of carbonyl (C=O) groups is 1. The summed E-state index contributed by atoms with van der Waals surface area (Å²) in [4.78, 5) is 12.8. The van der Waals surface area contributed by atoms with Crippen LogP contribution in [-0.4, -0.2) is 70.0 Å². The molecule has 6 nitrogen and oxygen atoms in total. The number of hydrogen-bond acceptors (Lipinski definition) is 5. The first-order chi connectivity index (χ1) is 8.79. The second kappa shape index (κ2) is 10.3. The summed E-state index contributed by atoms with van der Waals surface area (Å²) in [7, 11) is 0. The highest BCUT2D eigenvalue weighted by Gasteiger charge is 2.08. The second-order valence-corrected chi connectivity index (χ2v) is 4.43. The number of unbranched alkanes of at least 4 members (excludes halogenated alkanes) is 1. The first-order valence-corrected chi connectivity index (χ1v) is 6.66. The Kier molecular flexibility index (Phi) is 8.75. The number of hydrogen-bond donors (Lipinski definition) is 2. The van der Waals surface area contributed by atoms with Gasteiger partial charge in [-0.3, -0.25) is 9.69 Å². The predicted octanol–water partition coefficient (Wildman–Crippen LogP) is -0.810. The number of amides is 1. The Morgan fingerprint density at radius 1 is 1.11 bits per heavy atom. The molecule has 0 atom stereocenters. The van der Waals surface area contributed by atoms with Gasteiger partial charge < -0.3 is 20.5 Å². The van der Waals surface area contributed by atoms with Crippen LogP contribution in [0.5, 0.6) is 0 Å². The predicted molar refractivity (Wildman–Crippen MR) is 69.4 cm³/mol. The van der Waals surface area contributed by atoms with Crippen LogP contribution in [0.25, 0.3) is 0 Å². The van der Waals surface area contributed by atoms with E-state index in [4.69, 9.17) is 15.2 Å². The number of ether oxygens (including phenoxy) is 2. The molecule has 0 aromatic rings. The summed E-state index contributed by atoms with van der Waals surface area (Å²) in [5, 5.41) is 3.32. The van der Waals surface area contributed by atoms with Crippen LogP contribution in [0.4, 0.5) is 0 Å². The van der Waals surface area contributed by atoms with Gasteiger partial charge in [0, 0.05) is 45.9 Å². The van der Waals surface area contributed by atoms with E-state index in [0.29, 0.717) is 6.61 Å². The fraction of sp³-hybridized carbons (Fsp3) is 0.917. The molecule has 0 aromatic heterocycles. The molecule has 1 saturated heterocycles. The lowest BCUT2D eigenvalue weighted by Gasteiger charge is -2.26. The zero-order valence-electron chi connectivity index (χ0n) is 11.0. The lowest BCUT2D eigenvalue weighted by Crippen LogP contribution is -2.44. The van der Waals surface area contributed by atoms with Crippen LogP contribution >= 0.6 is 0 Å². The maximum absolute atomic E-state index is 10.4. The van der Waals surface area contributed by atoms with Gasteiger partial charge in [-0.25, -0.2) is 0 Å². The van der Waals surface area contributed by atoms with E-state index < -0.39 is 5.91 Å². The Hall–Kier alpha value is -0.690. The summed E-state index contributed by atoms with van der Waals surface area (Å²) in [6, 6.07) is 0. The summed E-state index contributed by atoms with van der Waals surface area (Å²) in [6.45, 7) is 7.55. The maximum Gasteiger partial charge on any atom is 0.243 e. The topological polar surface area (TPSA) is 76.8 Å². The quantitative estimate of drug-likeness (QED) is 0.502. The van der Waals surface area contributed by atoms with E-state index in [0.717, 1.165) is 58.8 Å². The van der Waals surface area contributed by atoms with Gasteiger partial charge in [0.15, 0.2) is 0 Å².